The fraction of sp³-hybridized carbons (Fsp3) is 0.0556. The first-order valence-corrected chi connectivity index (χ1v) is 7.53. The number of hydrogen-bond acceptors (Lipinski definition) is 4. The quantitative estimate of drug-likeness (QED) is 0.866. The molecule has 2 heterocycles. The number of nitrogens with one attached hydrogen (secondary N) is 1. The zero-order valence-corrected chi connectivity index (χ0v) is 12.7. The second-order valence-electron chi connectivity index (χ2n) is 5.54. The van der Waals surface area contributed by atoms with Crippen LogP contribution in [0.5, 0.6) is 0 Å². The normalized spacial score (nSPS) is 19.7. The Kier molecular flexibility index (Phi) is 3.16. The van der Waals surface area contributed by atoms with Crippen molar-refractivity contribution in [1.82, 2.24) is 5.32 Å². The third kappa shape index (κ3) is 2.16. The van der Waals surface area contributed by atoms with Crippen LogP contribution < -0.4 is 16.1 Å². The molecule has 3 aliphatic rings. The Morgan fingerprint density at radius 3 is 2.62 bits per heavy atom. The average Bonchev–Trinajstić information content (AvgIpc) is 2.97. The van der Waals surface area contributed by atoms with Gasteiger partial charge in [0.25, 0.3) is 11.8 Å². The molecule has 2 aliphatic heterocycles. The number of amidine groups is 1. The van der Waals surface area contributed by atoms with Gasteiger partial charge in [0.2, 0.25) is 0 Å². The maximum absolute atomic E-state index is 12.8. The van der Waals surface area contributed by atoms with Crippen molar-refractivity contribution in [3.63, 3.8) is 0 Å². The number of carbonyl (C=O) groups excluding carboxylic acids is 2. The molecule has 3 N–H and O–H groups in total. The number of amides is 2. The number of nitrogens with zero attached hydrogens (tertiary/aromatic N) is 2. The lowest BCUT2D eigenvalue weighted by molar-refractivity contribution is -0.117. The van der Waals surface area contributed by atoms with Crippen LogP contribution in [0.25, 0.3) is 0 Å². The molecule has 0 bridgehead atoms. The van der Waals surface area contributed by atoms with Crippen LogP contribution in [0, 0.1) is 0 Å². The number of hydrazone groups is 1. The van der Waals surface area contributed by atoms with Gasteiger partial charge in [-0.05, 0) is 30.2 Å². The maximum atomic E-state index is 12.8. The second kappa shape index (κ2) is 5.34. The summed E-state index contributed by atoms with van der Waals surface area (Å²) in [6, 6.07) is 9.11. The van der Waals surface area contributed by atoms with E-state index < -0.39 is 0 Å². The van der Waals surface area contributed by atoms with Crippen molar-refractivity contribution in [3.8, 4) is 0 Å². The molecule has 0 spiro atoms. The minimum absolute atomic E-state index is 0.295. The molecule has 1 aliphatic carbocycles. The summed E-state index contributed by atoms with van der Waals surface area (Å²) in [7, 11) is 0. The highest BCUT2D eigenvalue weighted by molar-refractivity contribution is 6.40. The van der Waals surface area contributed by atoms with Gasteiger partial charge in [-0.25, -0.2) is 0 Å². The summed E-state index contributed by atoms with van der Waals surface area (Å²) in [5.74, 6) is -0.339. The highest BCUT2D eigenvalue weighted by atomic mass is 16.2. The molecule has 0 fully saturated rings. The van der Waals surface area contributed by atoms with Crippen LogP contribution >= 0.6 is 0 Å². The van der Waals surface area contributed by atoms with Gasteiger partial charge in [-0.1, -0.05) is 36.4 Å². The molecule has 0 radical (unpaired) electrons. The summed E-state index contributed by atoms with van der Waals surface area (Å²) in [5, 5.41) is 8.24. The molecule has 0 unspecified atom stereocenters. The Morgan fingerprint density at radius 2 is 1.83 bits per heavy atom. The van der Waals surface area contributed by atoms with E-state index in [0.29, 0.717) is 40.4 Å². The Balaban J connectivity index is 1.77. The summed E-state index contributed by atoms with van der Waals surface area (Å²) < 4.78 is 0. The zero-order chi connectivity index (χ0) is 16.7. The summed E-state index contributed by atoms with van der Waals surface area (Å²) in [6.07, 6.45) is 7.80. The predicted molar refractivity (Wildman–Crippen MR) is 90.6 cm³/mol. The Morgan fingerprint density at radius 1 is 1.04 bits per heavy atom. The number of benzene rings is 1. The Labute approximate surface area is 138 Å². The van der Waals surface area contributed by atoms with Crippen molar-refractivity contribution in [2.24, 2.45) is 10.8 Å². The summed E-state index contributed by atoms with van der Waals surface area (Å²) in [4.78, 5) is 25.1. The van der Waals surface area contributed by atoms with Crippen LogP contribution in [0.4, 0.5) is 5.69 Å². The van der Waals surface area contributed by atoms with Crippen molar-refractivity contribution in [1.29, 1.82) is 0 Å². The van der Waals surface area contributed by atoms with Crippen molar-refractivity contribution in [2.45, 2.75) is 6.42 Å². The van der Waals surface area contributed by atoms with E-state index in [4.69, 9.17) is 5.73 Å². The topological polar surface area (TPSA) is 87.8 Å². The van der Waals surface area contributed by atoms with Gasteiger partial charge < -0.3 is 11.1 Å². The molecule has 6 heteroatoms. The van der Waals surface area contributed by atoms with Crippen LogP contribution in [-0.2, 0) is 9.59 Å². The van der Waals surface area contributed by atoms with Gasteiger partial charge in [0, 0.05) is 5.70 Å². The van der Waals surface area contributed by atoms with Gasteiger partial charge in [-0.15, -0.1) is 5.10 Å². The van der Waals surface area contributed by atoms with Gasteiger partial charge in [-0.2, -0.15) is 5.01 Å². The van der Waals surface area contributed by atoms with E-state index >= 15 is 0 Å². The van der Waals surface area contributed by atoms with Crippen LogP contribution in [-0.4, -0.2) is 17.6 Å². The Hall–Kier alpha value is -3.41. The van der Waals surface area contributed by atoms with Gasteiger partial charge in [-0.3, -0.25) is 9.59 Å². The molecule has 4 rings (SSSR count). The molecule has 0 aromatic heterocycles. The van der Waals surface area contributed by atoms with E-state index in [0.717, 1.165) is 0 Å². The lowest BCUT2D eigenvalue weighted by Gasteiger charge is -2.12. The highest BCUT2D eigenvalue weighted by Gasteiger charge is 2.42. The third-order valence-electron chi connectivity index (χ3n) is 3.99. The molecular formula is C18H14N4O2. The van der Waals surface area contributed by atoms with Crippen molar-refractivity contribution < 1.29 is 9.59 Å². The second-order valence-corrected chi connectivity index (χ2v) is 5.54. The van der Waals surface area contributed by atoms with E-state index in [1.54, 1.807) is 24.3 Å². The summed E-state index contributed by atoms with van der Waals surface area (Å²) in [5.41, 5.74) is 8.39. The molecule has 1 aromatic carbocycles. The van der Waals surface area contributed by atoms with E-state index in [1.807, 2.05) is 30.4 Å². The summed E-state index contributed by atoms with van der Waals surface area (Å²) >= 11 is 0. The number of para-hydroxylation sites is 1. The number of allylic oxidation sites excluding steroid dienone is 4. The number of anilines is 1. The fourth-order valence-corrected chi connectivity index (χ4v) is 2.85. The van der Waals surface area contributed by atoms with Crippen molar-refractivity contribution >= 4 is 23.3 Å². The molecule has 6 nitrogen and oxygen atoms in total. The van der Waals surface area contributed by atoms with Crippen molar-refractivity contribution in [2.75, 3.05) is 5.01 Å². The third-order valence-corrected chi connectivity index (χ3v) is 3.99. The number of fused-ring (bicyclic) bond motifs is 1. The number of rotatable bonds is 2. The monoisotopic (exact) mass is 318 g/mol. The standard InChI is InChI=1S/C18H14N4O2/c19-12-6-4-5-11(9-10-12)14-15-16(20-17(14)23)21-22(18(15)24)13-7-2-1-3-8-13/h1-3,5-10H,4,19H2,(H,20,21,23). The van der Waals surface area contributed by atoms with Gasteiger partial charge in [0.05, 0.1) is 16.8 Å². The molecular weight excluding hydrogens is 304 g/mol. The Bertz CT molecular complexity index is 904. The molecule has 24 heavy (non-hydrogen) atoms. The van der Waals surface area contributed by atoms with Crippen LogP contribution in [0.15, 0.2) is 82.2 Å². The lowest BCUT2D eigenvalue weighted by Crippen LogP contribution is -2.24. The molecule has 0 atom stereocenters. The van der Waals surface area contributed by atoms with Gasteiger partial charge in [0.15, 0.2) is 5.84 Å². The first kappa shape index (κ1) is 14.2. The van der Waals surface area contributed by atoms with Gasteiger partial charge in [0.1, 0.15) is 0 Å². The van der Waals surface area contributed by atoms with Crippen LogP contribution in [0.2, 0.25) is 0 Å². The zero-order valence-electron chi connectivity index (χ0n) is 12.7. The molecule has 0 saturated carbocycles. The lowest BCUT2D eigenvalue weighted by atomic mass is 10.00. The number of hydrogen-bond donors (Lipinski definition) is 2. The van der Waals surface area contributed by atoms with Gasteiger partial charge >= 0.3 is 0 Å². The van der Waals surface area contributed by atoms with Crippen LogP contribution in [0.1, 0.15) is 6.42 Å². The number of carbonyl (C=O) groups is 2. The molecule has 0 saturated heterocycles. The first-order valence-electron chi connectivity index (χ1n) is 7.53. The predicted octanol–water partition coefficient (Wildman–Crippen LogP) is 1.50. The van der Waals surface area contributed by atoms with E-state index in [2.05, 4.69) is 10.4 Å². The number of nitrogens with two attached hydrogens (primary N) is 1. The average molecular weight is 318 g/mol. The molecule has 1 aromatic rings. The first-order chi connectivity index (χ1) is 11.6. The fourth-order valence-electron chi connectivity index (χ4n) is 2.85. The smallest absolute Gasteiger partial charge is 0.283 e. The highest BCUT2D eigenvalue weighted by Crippen LogP contribution is 2.31. The minimum atomic E-state index is -0.318. The van der Waals surface area contributed by atoms with Crippen LogP contribution in [0.3, 0.4) is 0 Å². The molecule has 118 valence electrons. The largest absolute Gasteiger partial charge is 0.399 e. The molecule has 2 amide bonds. The minimum Gasteiger partial charge on any atom is -0.399 e. The van der Waals surface area contributed by atoms with Crippen molar-refractivity contribution in [3.05, 3.63) is 77.1 Å². The maximum Gasteiger partial charge on any atom is 0.283 e. The van der Waals surface area contributed by atoms with E-state index in [1.165, 1.54) is 5.01 Å². The van der Waals surface area contributed by atoms with E-state index in [-0.39, 0.29) is 11.8 Å². The summed E-state index contributed by atoms with van der Waals surface area (Å²) in [6.45, 7) is 0. The SMILES string of the molecule is NC1=CCC=C(C2=C3C(=O)N(c4ccccc4)N=C3NC2=O)C=C1. The van der Waals surface area contributed by atoms with E-state index in [9.17, 15) is 9.59 Å².